The van der Waals surface area contributed by atoms with Crippen LogP contribution in [-0.2, 0) is 0 Å². The van der Waals surface area contributed by atoms with Gasteiger partial charge in [-0.1, -0.05) is 18.5 Å². The lowest BCUT2D eigenvalue weighted by molar-refractivity contribution is 0.354. The molecule has 2 nitrogen and oxygen atoms in total. The average Bonchev–Trinajstić information content (AvgIpc) is 2.35. The quantitative estimate of drug-likeness (QED) is 0.758. The van der Waals surface area contributed by atoms with Crippen molar-refractivity contribution in [3.63, 3.8) is 0 Å². The van der Waals surface area contributed by atoms with Crippen LogP contribution in [0.25, 0.3) is 0 Å². The summed E-state index contributed by atoms with van der Waals surface area (Å²) in [5, 5.41) is 0.688. The first-order valence-electron chi connectivity index (χ1n) is 5.45. The molecule has 92 valence electrons. The van der Waals surface area contributed by atoms with E-state index in [1.165, 1.54) is 0 Å². The molecule has 0 bridgehead atoms. The SMILES string of the molecule is CC#CCC(C)c1cc(OC)c(OC)cc1Cl. The Hall–Kier alpha value is -1.33. The summed E-state index contributed by atoms with van der Waals surface area (Å²) in [5.74, 6) is 7.57. The first-order valence-corrected chi connectivity index (χ1v) is 5.82. The van der Waals surface area contributed by atoms with E-state index >= 15 is 0 Å². The summed E-state index contributed by atoms with van der Waals surface area (Å²) in [4.78, 5) is 0. The van der Waals surface area contributed by atoms with Crippen LogP contribution in [-0.4, -0.2) is 14.2 Å². The Bertz CT molecular complexity index is 444. The van der Waals surface area contributed by atoms with Gasteiger partial charge in [-0.3, -0.25) is 0 Å². The van der Waals surface area contributed by atoms with Crippen molar-refractivity contribution in [2.45, 2.75) is 26.2 Å². The molecule has 0 aliphatic heterocycles. The van der Waals surface area contributed by atoms with Crippen molar-refractivity contribution >= 4 is 11.6 Å². The molecule has 0 spiro atoms. The van der Waals surface area contributed by atoms with E-state index in [2.05, 4.69) is 18.8 Å². The minimum absolute atomic E-state index is 0.273. The fraction of sp³-hybridized carbons (Fsp3) is 0.429. The smallest absolute Gasteiger partial charge is 0.162 e. The number of hydrogen-bond acceptors (Lipinski definition) is 2. The molecule has 1 aromatic rings. The third kappa shape index (κ3) is 3.31. The standard InChI is InChI=1S/C14H17ClO2/c1-5-6-7-10(2)11-8-13(16-3)14(17-4)9-12(11)15/h8-10H,7H2,1-4H3. The van der Waals surface area contributed by atoms with Crippen molar-refractivity contribution in [1.82, 2.24) is 0 Å². The number of benzene rings is 1. The van der Waals surface area contributed by atoms with E-state index in [0.29, 0.717) is 16.5 Å². The second kappa shape index (κ2) is 6.42. The molecule has 0 radical (unpaired) electrons. The van der Waals surface area contributed by atoms with Gasteiger partial charge in [0.25, 0.3) is 0 Å². The molecule has 0 heterocycles. The van der Waals surface area contributed by atoms with Crippen LogP contribution in [0.5, 0.6) is 11.5 Å². The second-order valence-electron chi connectivity index (χ2n) is 3.76. The zero-order valence-electron chi connectivity index (χ0n) is 10.6. The Labute approximate surface area is 108 Å². The molecule has 1 aromatic carbocycles. The Balaban J connectivity index is 3.10. The van der Waals surface area contributed by atoms with Crippen LogP contribution in [0.2, 0.25) is 5.02 Å². The van der Waals surface area contributed by atoms with Gasteiger partial charge in [0.05, 0.1) is 14.2 Å². The molecule has 17 heavy (non-hydrogen) atoms. The van der Waals surface area contributed by atoms with E-state index in [9.17, 15) is 0 Å². The molecule has 3 heteroatoms. The lowest BCUT2D eigenvalue weighted by Gasteiger charge is -2.15. The molecule has 0 aliphatic rings. The van der Waals surface area contributed by atoms with Crippen molar-refractivity contribution in [2.75, 3.05) is 14.2 Å². The van der Waals surface area contributed by atoms with Crippen LogP contribution in [0, 0.1) is 11.8 Å². The first-order chi connectivity index (χ1) is 8.13. The van der Waals surface area contributed by atoms with Crippen molar-refractivity contribution in [3.05, 3.63) is 22.7 Å². The Morgan fingerprint density at radius 2 is 1.82 bits per heavy atom. The molecule has 1 unspecified atom stereocenters. The second-order valence-corrected chi connectivity index (χ2v) is 4.17. The number of hydrogen-bond donors (Lipinski definition) is 0. The van der Waals surface area contributed by atoms with E-state index in [-0.39, 0.29) is 5.92 Å². The van der Waals surface area contributed by atoms with Crippen molar-refractivity contribution in [1.29, 1.82) is 0 Å². The van der Waals surface area contributed by atoms with E-state index < -0.39 is 0 Å². The number of methoxy groups -OCH3 is 2. The Morgan fingerprint density at radius 3 is 2.35 bits per heavy atom. The van der Waals surface area contributed by atoms with Gasteiger partial charge in [0.2, 0.25) is 0 Å². The maximum Gasteiger partial charge on any atom is 0.162 e. The predicted molar refractivity (Wildman–Crippen MR) is 71.0 cm³/mol. The van der Waals surface area contributed by atoms with Gasteiger partial charge in [-0.05, 0) is 24.5 Å². The lowest BCUT2D eigenvalue weighted by atomic mass is 9.97. The topological polar surface area (TPSA) is 18.5 Å². The van der Waals surface area contributed by atoms with Gasteiger partial charge in [-0.25, -0.2) is 0 Å². The van der Waals surface area contributed by atoms with E-state index in [1.807, 2.05) is 13.0 Å². The van der Waals surface area contributed by atoms with Crippen LogP contribution >= 0.6 is 11.6 Å². The zero-order valence-corrected chi connectivity index (χ0v) is 11.4. The largest absolute Gasteiger partial charge is 0.493 e. The monoisotopic (exact) mass is 252 g/mol. The van der Waals surface area contributed by atoms with Crippen LogP contribution in [0.15, 0.2) is 12.1 Å². The molecule has 0 aliphatic carbocycles. The highest BCUT2D eigenvalue weighted by Crippen LogP contribution is 2.37. The highest BCUT2D eigenvalue weighted by Gasteiger charge is 2.14. The summed E-state index contributed by atoms with van der Waals surface area (Å²) in [7, 11) is 3.21. The van der Waals surface area contributed by atoms with E-state index in [4.69, 9.17) is 21.1 Å². The maximum atomic E-state index is 6.23. The summed E-state index contributed by atoms with van der Waals surface area (Å²) in [5.41, 5.74) is 1.03. The molecule has 1 rings (SSSR count). The zero-order chi connectivity index (χ0) is 12.8. The maximum absolute atomic E-state index is 6.23. The fourth-order valence-electron chi connectivity index (χ4n) is 1.61. The Kier molecular flexibility index (Phi) is 5.18. The van der Waals surface area contributed by atoms with Crippen molar-refractivity contribution in [3.8, 4) is 23.3 Å². The summed E-state index contributed by atoms with van der Waals surface area (Å²) in [6, 6.07) is 3.70. The molecule has 0 aromatic heterocycles. The molecule has 0 saturated carbocycles. The summed E-state index contributed by atoms with van der Waals surface area (Å²) < 4.78 is 10.5. The summed E-state index contributed by atoms with van der Waals surface area (Å²) in [6.45, 7) is 3.93. The molecule has 0 N–H and O–H groups in total. The summed E-state index contributed by atoms with van der Waals surface area (Å²) in [6.07, 6.45) is 0.783. The van der Waals surface area contributed by atoms with Gasteiger partial charge >= 0.3 is 0 Å². The molecule has 0 amide bonds. The van der Waals surface area contributed by atoms with Gasteiger partial charge in [-0.15, -0.1) is 11.8 Å². The molecule has 1 atom stereocenters. The Morgan fingerprint density at radius 1 is 1.24 bits per heavy atom. The summed E-state index contributed by atoms with van der Waals surface area (Å²) >= 11 is 6.23. The van der Waals surface area contributed by atoms with Gasteiger partial charge in [-0.2, -0.15) is 0 Å². The molecule has 0 fully saturated rings. The van der Waals surface area contributed by atoms with Crippen LogP contribution in [0.3, 0.4) is 0 Å². The molecular formula is C14H17ClO2. The minimum atomic E-state index is 0.273. The van der Waals surface area contributed by atoms with Crippen LogP contribution in [0.1, 0.15) is 31.7 Å². The van der Waals surface area contributed by atoms with Crippen molar-refractivity contribution < 1.29 is 9.47 Å². The van der Waals surface area contributed by atoms with Gasteiger partial charge in [0.15, 0.2) is 11.5 Å². The van der Waals surface area contributed by atoms with Gasteiger partial charge < -0.3 is 9.47 Å². The highest BCUT2D eigenvalue weighted by atomic mass is 35.5. The lowest BCUT2D eigenvalue weighted by Crippen LogP contribution is -1.97. The van der Waals surface area contributed by atoms with Crippen molar-refractivity contribution in [2.24, 2.45) is 0 Å². The number of ether oxygens (including phenoxy) is 2. The first kappa shape index (κ1) is 13.7. The minimum Gasteiger partial charge on any atom is -0.493 e. The van der Waals surface area contributed by atoms with Crippen LogP contribution in [0.4, 0.5) is 0 Å². The third-order valence-electron chi connectivity index (χ3n) is 2.62. The van der Waals surface area contributed by atoms with Gasteiger partial charge in [0, 0.05) is 17.5 Å². The fourth-order valence-corrected chi connectivity index (χ4v) is 1.95. The highest BCUT2D eigenvalue weighted by molar-refractivity contribution is 6.31. The van der Waals surface area contributed by atoms with Gasteiger partial charge in [0.1, 0.15) is 0 Å². The van der Waals surface area contributed by atoms with E-state index in [1.54, 1.807) is 20.3 Å². The average molecular weight is 253 g/mol. The molecular weight excluding hydrogens is 236 g/mol. The van der Waals surface area contributed by atoms with E-state index in [0.717, 1.165) is 12.0 Å². The molecule has 0 saturated heterocycles. The third-order valence-corrected chi connectivity index (χ3v) is 2.95. The normalized spacial score (nSPS) is 11.4. The number of rotatable bonds is 4. The number of halogens is 1. The predicted octanol–water partition coefficient (Wildman–Crippen LogP) is 3.87. The van der Waals surface area contributed by atoms with Crippen LogP contribution < -0.4 is 9.47 Å².